The number of methoxy groups -OCH3 is 1. The number of likely N-dealkylation sites (tertiary alicyclic amines) is 1. The summed E-state index contributed by atoms with van der Waals surface area (Å²) in [6.45, 7) is 8.15. The molecule has 4 nitrogen and oxygen atoms in total. The molecule has 0 saturated carbocycles. The summed E-state index contributed by atoms with van der Waals surface area (Å²) in [4.78, 5) is 14.7. The largest absolute Gasteiger partial charge is 0.497 e. The minimum absolute atomic E-state index is 0.0336. The Morgan fingerprint density at radius 3 is 2.64 bits per heavy atom. The lowest BCUT2D eigenvalue weighted by molar-refractivity contribution is -0.140. The first-order chi connectivity index (χ1) is 10.3. The normalized spacial score (nSPS) is 19.8. The van der Waals surface area contributed by atoms with E-state index in [9.17, 15) is 4.79 Å². The van der Waals surface area contributed by atoms with Crippen LogP contribution in [0.1, 0.15) is 39.2 Å². The van der Waals surface area contributed by atoms with Gasteiger partial charge in [0.2, 0.25) is 0 Å². The summed E-state index contributed by atoms with van der Waals surface area (Å²) in [7, 11) is 3.69. The van der Waals surface area contributed by atoms with Crippen LogP contribution in [0, 0.1) is 5.92 Å². The zero-order valence-corrected chi connectivity index (χ0v) is 14.3. The van der Waals surface area contributed by atoms with Crippen LogP contribution in [-0.2, 0) is 10.2 Å². The SMILES string of the molecule is COc1ccc(OC(=O)C2CCCN(C)C2)c(C(C)(C)C)c1. The summed E-state index contributed by atoms with van der Waals surface area (Å²) >= 11 is 0. The van der Waals surface area contributed by atoms with Gasteiger partial charge in [-0.1, -0.05) is 20.8 Å². The van der Waals surface area contributed by atoms with Gasteiger partial charge in [-0.15, -0.1) is 0 Å². The van der Waals surface area contributed by atoms with Gasteiger partial charge in [0.1, 0.15) is 11.5 Å². The Morgan fingerprint density at radius 1 is 1.32 bits per heavy atom. The van der Waals surface area contributed by atoms with Gasteiger partial charge in [-0.3, -0.25) is 4.79 Å². The molecule has 22 heavy (non-hydrogen) atoms. The number of carbonyl (C=O) groups excluding carboxylic acids is 1. The van der Waals surface area contributed by atoms with Crippen LogP contribution < -0.4 is 9.47 Å². The lowest BCUT2D eigenvalue weighted by Crippen LogP contribution is -2.38. The quantitative estimate of drug-likeness (QED) is 0.635. The summed E-state index contributed by atoms with van der Waals surface area (Å²) in [6.07, 6.45) is 1.95. The van der Waals surface area contributed by atoms with Crippen molar-refractivity contribution in [1.29, 1.82) is 0 Å². The van der Waals surface area contributed by atoms with E-state index in [0.29, 0.717) is 5.75 Å². The van der Waals surface area contributed by atoms with Crippen molar-refractivity contribution in [1.82, 2.24) is 4.90 Å². The number of carbonyl (C=O) groups is 1. The highest BCUT2D eigenvalue weighted by atomic mass is 16.5. The zero-order chi connectivity index (χ0) is 16.3. The molecule has 1 heterocycles. The van der Waals surface area contributed by atoms with E-state index < -0.39 is 0 Å². The van der Waals surface area contributed by atoms with Crippen LogP contribution in [0.4, 0.5) is 0 Å². The van der Waals surface area contributed by atoms with Crippen LogP contribution in [0.3, 0.4) is 0 Å². The van der Waals surface area contributed by atoms with Crippen molar-refractivity contribution in [3.05, 3.63) is 23.8 Å². The van der Waals surface area contributed by atoms with E-state index in [4.69, 9.17) is 9.47 Å². The number of piperidine rings is 1. The predicted octanol–water partition coefficient (Wildman–Crippen LogP) is 3.24. The van der Waals surface area contributed by atoms with Gasteiger partial charge in [-0.05, 0) is 50.0 Å². The van der Waals surface area contributed by atoms with Gasteiger partial charge in [0.25, 0.3) is 0 Å². The number of ether oxygens (including phenoxy) is 2. The van der Waals surface area contributed by atoms with Crippen LogP contribution in [-0.4, -0.2) is 38.1 Å². The molecular weight excluding hydrogens is 278 g/mol. The molecule has 1 fully saturated rings. The second-order valence-corrected chi connectivity index (χ2v) is 7.13. The molecule has 1 aromatic rings. The van der Waals surface area contributed by atoms with Crippen LogP contribution in [0.25, 0.3) is 0 Å². The number of esters is 1. The van der Waals surface area contributed by atoms with Crippen molar-refractivity contribution in [2.24, 2.45) is 5.92 Å². The van der Waals surface area contributed by atoms with Gasteiger partial charge >= 0.3 is 5.97 Å². The zero-order valence-electron chi connectivity index (χ0n) is 14.3. The highest BCUT2D eigenvalue weighted by molar-refractivity contribution is 5.76. The Morgan fingerprint density at radius 2 is 2.05 bits per heavy atom. The van der Waals surface area contributed by atoms with Crippen molar-refractivity contribution in [2.45, 2.75) is 39.0 Å². The minimum atomic E-state index is -0.123. The average Bonchev–Trinajstić information content (AvgIpc) is 2.46. The second-order valence-electron chi connectivity index (χ2n) is 7.13. The molecule has 2 rings (SSSR count). The molecule has 0 N–H and O–H groups in total. The van der Waals surface area contributed by atoms with Crippen molar-refractivity contribution < 1.29 is 14.3 Å². The Balaban J connectivity index is 2.19. The fourth-order valence-corrected chi connectivity index (χ4v) is 2.86. The minimum Gasteiger partial charge on any atom is -0.497 e. The van der Waals surface area contributed by atoms with Crippen molar-refractivity contribution in [3.63, 3.8) is 0 Å². The van der Waals surface area contributed by atoms with Crippen LogP contribution in [0.2, 0.25) is 0 Å². The van der Waals surface area contributed by atoms with Crippen molar-refractivity contribution in [3.8, 4) is 11.5 Å². The van der Waals surface area contributed by atoms with E-state index in [1.807, 2.05) is 25.2 Å². The first-order valence-corrected chi connectivity index (χ1v) is 7.90. The highest BCUT2D eigenvalue weighted by Gasteiger charge is 2.28. The van der Waals surface area contributed by atoms with E-state index in [1.54, 1.807) is 7.11 Å². The maximum atomic E-state index is 12.5. The number of hydrogen-bond acceptors (Lipinski definition) is 4. The van der Waals surface area contributed by atoms with Gasteiger partial charge in [-0.2, -0.15) is 0 Å². The van der Waals surface area contributed by atoms with Crippen LogP contribution >= 0.6 is 0 Å². The third-order valence-corrected chi connectivity index (χ3v) is 4.16. The van der Waals surface area contributed by atoms with E-state index in [1.165, 1.54) is 0 Å². The second kappa shape index (κ2) is 6.69. The molecule has 1 aliphatic rings. The third-order valence-electron chi connectivity index (χ3n) is 4.16. The van der Waals surface area contributed by atoms with Gasteiger partial charge in [0, 0.05) is 12.1 Å². The number of rotatable bonds is 3. The molecule has 1 saturated heterocycles. The highest BCUT2D eigenvalue weighted by Crippen LogP contribution is 2.35. The number of nitrogens with zero attached hydrogens (tertiary/aromatic N) is 1. The fraction of sp³-hybridized carbons (Fsp3) is 0.611. The molecular formula is C18H27NO3. The van der Waals surface area contributed by atoms with Gasteiger partial charge in [0.15, 0.2) is 0 Å². The van der Waals surface area contributed by atoms with E-state index in [2.05, 4.69) is 25.7 Å². The first kappa shape index (κ1) is 16.8. The summed E-state index contributed by atoms with van der Waals surface area (Å²) in [5.41, 5.74) is 0.873. The molecule has 122 valence electrons. The molecule has 0 radical (unpaired) electrons. The Hall–Kier alpha value is -1.55. The standard InChI is InChI=1S/C18H27NO3/c1-18(2,3)15-11-14(21-5)8-9-16(15)22-17(20)13-7-6-10-19(4)12-13/h8-9,11,13H,6-7,10,12H2,1-5H3. The van der Waals surface area contributed by atoms with Crippen LogP contribution in [0.15, 0.2) is 18.2 Å². The number of hydrogen-bond donors (Lipinski definition) is 0. The van der Waals surface area contributed by atoms with Crippen LogP contribution in [0.5, 0.6) is 11.5 Å². The lowest BCUT2D eigenvalue weighted by atomic mass is 9.86. The third kappa shape index (κ3) is 4.01. The Bertz CT molecular complexity index is 534. The molecule has 0 aromatic heterocycles. The van der Waals surface area contributed by atoms with Gasteiger partial charge in [0.05, 0.1) is 13.0 Å². The molecule has 1 unspecified atom stereocenters. The summed E-state index contributed by atoms with van der Waals surface area (Å²) in [6, 6.07) is 5.63. The first-order valence-electron chi connectivity index (χ1n) is 7.90. The van der Waals surface area contributed by atoms with E-state index in [-0.39, 0.29) is 17.3 Å². The average molecular weight is 305 g/mol. The predicted molar refractivity (Wildman–Crippen MR) is 87.6 cm³/mol. The Kier molecular flexibility index (Phi) is 5.12. The summed E-state index contributed by atoms with van der Waals surface area (Å²) in [5, 5.41) is 0. The topological polar surface area (TPSA) is 38.8 Å². The maximum Gasteiger partial charge on any atom is 0.315 e. The maximum absolute atomic E-state index is 12.5. The molecule has 1 aromatic carbocycles. The molecule has 1 aliphatic heterocycles. The van der Waals surface area contributed by atoms with Gasteiger partial charge in [-0.25, -0.2) is 0 Å². The summed E-state index contributed by atoms with van der Waals surface area (Å²) in [5.74, 6) is 1.27. The molecule has 0 spiro atoms. The van der Waals surface area contributed by atoms with Crippen molar-refractivity contribution in [2.75, 3.05) is 27.2 Å². The van der Waals surface area contributed by atoms with E-state index >= 15 is 0 Å². The molecule has 4 heteroatoms. The smallest absolute Gasteiger partial charge is 0.315 e. The molecule has 0 amide bonds. The molecule has 1 atom stereocenters. The number of benzene rings is 1. The van der Waals surface area contributed by atoms with Gasteiger partial charge < -0.3 is 14.4 Å². The van der Waals surface area contributed by atoms with Crippen molar-refractivity contribution >= 4 is 5.97 Å². The molecule has 0 bridgehead atoms. The van der Waals surface area contributed by atoms with E-state index in [0.717, 1.165) is 37.2 Å². The summed E-state index contributed by atoms with van der Waals surface area (Å²) < 4.78 is 11.0. The Labute approximate surface area is 133 Å². The fourth-order valence-electron chi connectivity index (χ4n) is 2.86. The molecule has 0 aliphatic carbocycles. The lowest BCUT2D eigenvalue weighted by Gasteiger charge is -2.29. The monoisotopic (exact) mass is 305 g/mol.